The van der Waals surface area contributed by atoms with E-state index in [9.17, 15) is 0 Å². The Morgan fingerprint density at radius 2 is 1.46 bits per heavy atom. The Bertz CT molecular complexity index is 218. The molecule has 0 heterocycles. The van der Waals surface area contributed by atoms with E-state index in [0.29, 0.717) is 11.8 Å². The minimum Gasteiger partial charge on any atom is -0.307 e. The summed E-state index contributed by atoms with van der Waals surface area (Å²) < 4.78 is 0. The van der Waals surface area contributed by atoms with Crippen LogP contribution in [0.25, 0.3) is 0 Å². The zero-order valence-corrected chi connectivity index (χ0v) is 8.08. The van der Waals surface area contributed by atoms with Crippen molar-refractivity contribution in [2.75, 3.05) is 0 Å². The van der Waals surface area contributed by atoms with Crippen molar-refractivity contribution in [3.05, 3.63) is 0 Å². The number of rotatable bonds is 1. The van der Waals surface area contributed by atoms with Crippen LogP contribution in [0.5, 0.6) is 0 Å². The minimum absolute atomic E-state index is 0.243. The standard InChI is InChI=1S/C11H18N2/c1-13-11(12)9-3-7-2-8(5-9)6-10(11)4-7/h7-10H,1-6,12H2. The van der Waals surface area contributed by atoms with Crippen LogP contribution in [-0.4, -0.2) is 12.4 Å². The van der Waals surface area contributed by atoms with Crippen molar-refractivity contribution < 1.29 is 0 Å². The van der Waals surface area contributed by atoms with Gasteiger partial charge in [0.1, 0.15) is 5.66 Å². The largest absolute Gasteiger partial charge is 0.307 e. The third-order valence-corrected chi connectivity index (χ3v) is 4.72. The van der Waals surface area contributed by atoms with Crippen LogP contribution in [0, 0.1) is 23.7 Å². The first-order chi connectivity index (χ1) is 6.22. The molecule has 2 nitrogen and oxygen atoms in total. The summed E-state index contributed by atoms with van der Waals surface area (Å²) in [5.41, 5.74) is 6.12. The molecule has 0 spiro atoms. The lowest BCUT2D eigenvalue weighted by Gasteiger charge is -2.57. The minimum atomic E-state index is -0.243. The molecular weight excluding hydrogens is 160 g/mol. The molecule has 72 valence electrons. The van der Waals surface area contributed by atoms with Gasteiger partial charge >= 0.3 is 0 Å². The molecule has 0 atom stereocenters. The molecule has 0 aliphatic heterocycles. The SMILES string of the molecule is C=NC1(N)C2CC3CC(C2)CC1C3. The summed E-state index contributed by atoms with van der Waals surface area (Å²) in [6.07, 6.45) is 6.76. The van der Waals surface area contributed by atoms with E-state index >= 15 is 0 Å². The molecular formula is C11H18N2. The average Bonchev–Trinajstić information content (AvgIpc) is 2.13. The van der Waals surface area contributed by atoms with Gasteiger partial charge in [0.05, 0.1) is 0 Å². The predicted octanol–water partition coefficient (Wildman–Crippen LogP) is 1.80. The molecule has 0 aromatic carbocycles. The first-order valence-electron chi connectivity index (χ1n) is 5.49. The second-order valence-electron chi connectivity index (χ2n) is 5.35. The average molecular weight is 178 g/mol. The van der Waals surface area contributed by atoms with Gasteiger partial charge < -0.3 is 5.73 Å². The van der Waals surface area contributed by atoms with Crippen LogP contribution in [0.4, 0.5) is 0 Å². The van der Waals surface area contributed by atoms with E-state index in [0.717, 1.165) is 11.8 Å². The molecule has 4 aliphatic rings. The summed E-state index contributed by atoms with van der Waals surface area (Å²) in [7, 11) is 0. The van der Waals surface area contributed by atoms with Gasteiger partial charge in [-0.05, 0) is 62.5 Å². The third kappa shape index (κ3) is 0.899. The maximum atomic E-state index is 6.36. The van der Waals surface area contributed by atoms with E-state index in [-0.39, 0.29) is 5.66 Å². The van der Waals surface area contributed by atoms with E-state index in [2.05, 4.69) is 11.7 Å². The lowest BCUT2D eigenvalue weighted by Crippen LogP contribution is -2.61. The van der Waals surface area contributed by atoms with Crippen molar-refractivity contribution in [1.29, 1.82) is 0 Å². The first-order valence-corrected chi connectivity index (χ1v) is 5.49. The second kappa shape index (κ2) is 2.35. The van der Waals surface area contributed by atoms with E-state index in [1.807, 2.05) is 0 Å². The number of aliphatic imine (C=N–C) groups is 1. The summed E-state index contributed by atoms with van der Waals surface area (Å²) in [5.74, 6) is 3.25. The fourth-order valence-electron chi connectivity index (χ4n) is 4.20. The topological polar surface area (TPSA) is 38.4 Å². The molecule has 4 aliphatic carbocycles. The highest BCUT2D eigenvalue weighted by molar-refractivity contribution is 5.27. The molecule has 0 unspecified atom stereocenters. The number of nitrogens with two attached hydrogens (primary N) is 1. The summed E-state index contributed by atoms with van der Waals surface area (Å²) in [5, 5.41) is 0. The van der Waals surface area contributed by atoms with Gasteiger partial charge in [0.25, 0.3) is 0 Å². The van der Waals surface area contributed by atoms with Gasteiger partial charge in [-0.3, -0.25) is 4.99 Å². The van der Waals surface area contributed by atoms with Crippen LogP contribution in [0.15, 0.2) is 4.99 Å². The van der Waals surface area contributed by atoms with Crippen molar-refractivity contribution in [3.8, 4) is 0 Å². The third-order valence-electron chi connectivity index (χ3n) is 4.72. The van der Waals surface area contributed by atoms with Crippen LogP contribution >= 0.6 is 0 Å². The molecule has 0 radical (unpaired) electrons. The van der Waals surface area contributed by atoms with E-state index in [1.54, 1.807) is 0 Å². The summed E-state index contributed by atoms with van der Waals surface area (Å²) in [4.78, 5) is 4.25. The van der Waals surface area contributed by atoms with E-state index in [1.165, 1.54) is 32.1 Å². The fraction of sp³-hybridized carbons (Fsp3) is 0.909. The fourth-order valence-corrected chi connectivity index (χ4v) is 4.20. The Kier molecular flexibility index (Phi) is 1.44. The van der Waals surface area contributed by atoms with Crippen molar-refractivity contribution >= 4 is 6.72 Å². The van der Waals surface area contributed by atoms with E-state index < -0.39 is 0 Å². The summed E-state index contributed by atoms with van der Waals surface area (Å²) >= 11 is 0. The Morgan fingerprint density at radius 1 is 1.00 bits per heavy atom. The van der Waals surface area contributed by atoms with Gasteiger partial charge in [0, 0.05) is 0 Å². The van der Waals surface area contributed by atoms with Gasteiger partial charge in [-0.2, -0.15) is 0 Å². The normalized spacial score (nSPS) is 58.2. The van der Waals surface area contributed by atoms with Gasteiger partial charge in [-0.1, -0.05) is 0 Å². The van der Waals surface area contributed by atoms with Crippen LogP contribution in [0.2, 0.25) is 0 Å². The Morgan fingerprint density at radius 3 is 1.85 bits per heavy atom. The lowest BCUT2D eigenvalue weighted by molar-refractivity contribution is -0.0504. The number of hydrogen-bond donors (Lipinski definition) is 1. The highest BCUT2D eigenvalue weighted by Crippen LogP contribution is 2.57. The van der Waals surface area contributed by atoms with E-state index in [4.69, 9.17) is 5.73 Å². The van der Waals surface area contributed by atoms with Gasteiger partial charge in [0.2, 0.25) is 0 Å². The Hall–Kier alpha value is -0.370. The molecule has 2 N–H and O–H groups in total. The predicted molar refractivity (Wildman–Crippen MR) is 53.5 cm³/mol. The van der Waals surface area contributed by atoms with Gasteiger partial charge in [-0.25, -0.2) is 0 Å². The molecule has 4 bridgehead atoms. The molecule has 13 heavy (non-hydrogen) atoms. The highest BCUT2D eigenvalue weighted by Gasteiger charge is 2.55. The van der Waals surface area contributed by atoms with Crippen molar-refractivity contribution in [3.63, 3.8) is 0 Å². The molecule has 4 fully saturated rings. The smallest absolute Gasteiger partial charge is 0.113 e. The van der Waals surface area contributed by atoms with Crippen LogP contribution in [-0.2, 0) is 0 Å². The van der Waals surface area contributed by atoms with Crippen molar-refractivity contribution in [1.82, 2.24) is 0 Å². The molecule has 4 rings (SSSR count). The van der Waals surface area contributed by atoms with Crippen LogP contribution in [0.1, 0.15) is 32.1 Å². The second-order valence-corrected chi connectivity index (χ2v) is 5.35. The zero-order chi connectivity index (χ0) is 9.05. The Balaban J connectivity index is 1.97. The molecule has 0 aromatic heterocycles. The summed E-state index contributed by atoms with van der Waals surface area (Å²) in [6, 6.07) is 0. The Labute approximate surface area is 79.6 Å². The zero-order valence-electron chi connectivity index (χ0n) is 8.08. The first kappa shape index (κ1) is 7.98. The van der Waals surface area contributed by atoms with Crippen LogP contribution in [0.3, 0.4) is 0 Å². The lowest BCUT2D eigenvalue weighted by atomic mass is 9.52. The maximum absolute atomic E-state index is 6.36. The molecule has 0 saturated heterocycles. The number of nitrogens with zero attached hydrogens (tertiary/aromatic N) is 1. The number of hydrogen-bond acceptors (Lipinski definition) is 2. The molecule has 4 saturated carbocycles. The molecule has 0 amide bonds. The molecule has 0 aromatic rings. The maximum Gasteiger partial charge on any atom is 0.113 e. The highest BCUT2D eigenvalue weighted by atomic mass is 15.1. The quantitative estimate of drug-likeness (QED) is 0.611. The van der Waals surface area contributed by atoms with Gasteiger partial charge in [-0.15, -0.1) is 0 Å². The van der Waals surface area contributed by atoms with Crippen molar-refractivity contribution in [2.24, 2.45) is 34.4 Å². The summed E-state index contributed by atoms with van der Waals surface area (Å²) in [6.45, 7) is 3.70. The van der Waals surface area contributed by atoms with Crippen LogP contribution < -0.4 is 5.73 Å². The van der Waals surface area contributed by atoms with Gasteiger partial charge in [0.15, 0.2) is 0 Å². The van der Waals surface area contributed by atoms with Crippen molar-refractivity contribution in [2.45, 2.75) is 37.8 Å². The monoisotopic (exact) mass is 178 g/mol. The molecule has 2 heteroatoms.